The Morgan fingerprint density at radius 3 is 0.977 bits per heavy atom. The molecule has 0 N–H and O–H groups in total. The van der Waals surface area contributed by atoms with Crippen molar-refractivity contribution in [1.29, 1.82) is 0 Å². The minimum atomic E-state index is 0.483. The van der Waals surface area contributed by atoms with Crippen molar-refractivity contribution in [3.8, 4) is 0 Å². The molecule has 0 aromatic rings. The molecule has 0 spiro atoms. The van der Waals surface area contributed by atoms with Crippen LogP contribution in [-0.2, 0) is 4.74 Å². The first-order valence-electron chi connectivity index (χ1n) is 18.8. The standard InChI is InChI=1S/C39H69N3O/c1-40(2)35-21-15-31(16-22-35)12-11-29-7-9-30(10-8-29)13-14-32-27-38(33-17-23-36(24-18-33)41(3)4)43-39(28-32)34-19-25-37(26-20-34)42(5)6/h11-14,29-39H,7-10,15-28H2,1-6H3/b12-11+,14-13+. The second-order valence-electron chi connectivity index (χ2n) is 16.5. The number of allylic oxidation sites excluding steroid dienone is 4. The molecule has 4 aliphatic carbocycles. The van der Waals surface area contributed by atoms with E-state index in [4.69, 9.17) is 4.74 Å². The normalized spacial score (nSPS) is 42.0. The van der Waals surface area contributed by atoms with Gasteiger partial charge in [0.25, 0.3) is 0 Å². The maximum Gasteiger partial charge on any atom is 0.0612 e. The molecule has 5 rings (SSSR count). The highest BCUT2D eigenvalue weighted by atomic mass is 16.5. The van der Waals surface area contributed by atoms with Crippen LogP contribution in [0.5, 0.6) is 0 Å². The van der Waals surface area contributed by atoms with Gasteiger partial charge in [-0.3, -0.25) is 0 Å². The largest absolute Gasteiger partial charge is 0.374 e. The van der Waals surface area contributed by atoms with Crippen molar-refractivity contribution in [1.82, 2.24) is 14.7 Å². The monoisotopic (exact) mass is 596 g/mol. The molecule has 1 saturated heterocycles. The zero-order valence-electron chi connectivity index (χ0n) is 29.1. The molecule has 43 heavy (non-hydrogen) atoms. The molecule has 1 aliphatic heterocycles. The SMILES string of the molecule is CN(C)C1CCC(/C=C/C2CCC(/C=C/C3CC(C4CCC(N(C)C)CC4)OC(C4CCC(N(C)C)CC4)C3)CC2)CC1. The molecule has 5 fully saturated rings. The van der Waals surface area contributed by atoms with Crippen LogP contribution in [0.3, 0.4) is 0 Å². The summed E-state index contributed by atoms with van der Waals surface area (Å²) in [5.41, 5.74) is 0. The molecule has 4 saturated carbocycles. The van der Waals surface area contributed by atoms with E-state index in [0.717, 1.165) is 53.6 Å². The molecule has 2 unspecified atom stereocenters. The van der Waals surface area contributed by atoms with Crippen LogP contribution < -0.4 is 0 Å². The Morgan fingerprint density at radius 2 is 0.651 bits per heavy atom. The zero-order chi connectivity index (χ0) is 30.3. The van der Waals surface area contributed by atoms with Crippen molar-refractivity contribution < 1.29 is 4.74 Å². The fraction of sp³-hybridized carbons (Fsp3) is 0.897. The van der Waals surface area contributed by atoms with Crippen LogP contribution in [0.25, 0.3) is 0 Å². The Labute approximate surface area is 267 Å². The summed E-state index contributed by atoms with van der Waals surface area (Å²) in [5.74, 6) is 4.71. The van der Waals surface area contributed by atoms with Gasteiger partial charge in [0.1, 0.15) is 0 Å². The third-order valence-electron chi connectivity index (χ3n) is 13.0. The van der Waals surface area contributed by atoms with Gasteiger partial charge in [0.05, 0.1) is 12.2 Å². The summed E-state index contributed by atoms with van der Waals surface area (Å²) in [6.07, 6.45) is 36.1. The minimum absolute atomic E-state index is 0.483. The van der Waals surface area contributed by atoms with Gasteiger partial charge in [0, 0.05) is 18.1 Å². The van der Waals surface area contributed by atoms with E-state index >= 15 is 0 Å². The van der Waals surface area contributed by atoms with Crippen LogP contribution in [0.4, 0.5) is 0 Å². The second-order valence-corrected chi connectivity index (χ2v) is 16.5. The molecule has 4 heteroatoms. The molecule has 1 heterocycles. The van der Waals surface area contributed by atoms with Gasteiger partial charge in [-0.2, -0.15) is 0 Å². The van der Waals surface area contributed by atoms with Crippen LogP contribution in [0, 0.1) is 35.5 Å². The van der Waals surface area contributed by atoms with Crippen molar-refractivity contribution in [3.05, 3.63) is 24.3 Å². The summed E-state index contributed by atoms with van der Waals surface area (Å²) < 4.78 is 7.12. The van der Waals surface area contributed by atoms with Crippen LogP contribution >= 0.6 is 0 Å². The number of rotatable bonds is 9. The van der Waals surface area contributed by atoms with Crippen molar-refractivity contribution in [2.24, 2.45) is 35.5 Å². The van der Waals surface area contributed by atoms with Gasteiger partial charge >= 0.3 is 0 Å². The highest BCUT2D eigenvalue weighted by Gasteiger charge is 2.39. The van der Waals surface area contributed by atoms with E-state index in [9.17, 15) is 0 Å². The van der Waals surface area contributed by atoms with Crippen LogP contribution in [-0.4, -0.2) is 87.3 Å². The molecular weight excluding hydrogens is 526 g/mol. The Kier molecular flexibility index (Phi) is 12.7. The quantitative estimate of drug-likeness (QED) is 0.249. The first kappa shape index (κ1) is 33.7. The highest BCUT2D eigenvalue weighted by molar-refractivity contribution is 5.02. The predicted molar refractivity (Wildman–Crippen MR) is 183 cm³/mol. The lowest BCUT2D eigenvalue weighted by atomic mass is 9.73. The van der Waals surface area contributed by atoms with Crippen LogP contribution in [0.2, 0.25) is 0 Å². The van der Waals surface area contributed by atoms with Crippen molar-refractivity contribution in [2.75, 3.05) is 42.3 Å². The van der Waals surface area contributed by atoms with E-state index in [1.807, 2.05) is 0 Å². The van der Waals surface area contributed by atoms with E-state index in [1.165, 1.54) is 116 Å². The predicted octanol–water partition coefficient (Wildman–Crippen LogP) is 8.43. The van der Waals surface area contributed by atoms with Gasteiger partial charge in [0.2, 0.25) is 0 Å². The smallest absolute Gasteiger partial charge is 0.0612 e. The van der Waals surface area contributed by atoms with E-state index in [1.54, 1.807) is 0 Å². The third-order valence-corrected chi connectivity index (χ3v) is 13.0. The molecule has 4 nitrogen and oxygen atoms in total. The molecule has 0 amide bonds. The molecule has 2 atom stereocenters. The summed E-state index contributed by atoms with van der Waals surface area (Å²) in [4.78, 5) is 7.34. The fourth-order valence-corrected chi connectivity index (χ4v) is 9.74. The summed E-state index contributed by atoms with van der Waals surface area (Å²) >= 11 is 0. The number of hydrogen-bond acceptors (Lipinski definition) is 4. The summed E-state index contributed by atoms with van der Waals surface area (Å²) in [7, 11) is 13.6. The van der Waals surface area contributed by atoms with E-state index in [-0.39, 0.29) is 0 Å². The van der Waals surface area contributed by atoms with Crippen molar-refractivity contribution >= 4 is 0 Å². The third kappa shape index (κ3) is 9.66. The lowest BCUT2D eigenvalue weighted by Crippen LogP contribution is -2.44. The van der Waals surface area contributed by atoms with Crippen molar-refractivity contribution in [3.63, 3.8) is 0 Å². The maximum absolute atomic E-state index is 7.12. The van der Waals surface area contributed by atoms with Crippen LogP contribution in [0.15, 0.2) is 24.3 Å². The Balaban J connectivity index is 1.12. The average Bonchev–Trinajstić information content (AvgIpc) is 3.03. The summed E-state index contributed by atoms with van der Waals surface area (Å²) in [5, 5.41) is 0. The molecule has 0 radical (unpaired) electrons. The number of hydrogen-bond donors (Lipinski definition) is 0. The highest BCUT2D eigenvalue weighted by Crippen LogP contribution is 2.42. The minimum Gasteiger partial charge on any atom is -0.374 e. The first-order valence-corrected chi connectivity index (χ1v) is 18.8. The van der Waals surface area contributed by atoms with Crippen LogP contribution in [0.1, 0.15) is 116 Å². The van der Waals surface area contributed by atoms with E-state index < -0.39 is 0 Å². The maximum atomic E-state index is 7.12. The summed E-state index contributed by atoms with van der Waals surface area (Å²) in [6, 6.07) is 2.36. The van der Waals surface area contributed by atoms with Gasteiger partial charge in [0.15, 0.2) is 0 Å². The molecule has 0 bridgehead atoms. The Hall–Kier alpha value is -0.680. The molecule has 5 aliphatic rings. The summed E-state index contributed by atoms with van der Waals surface area (Å²) in [6.45, 7) is 0. The molecule has 0 aromatic heterocycles. The number of ether oxygens (including phenoxy) is 1. The van der Waals surface area contributed by atoms with Gasteiger partial charge in [-0.15, -0.1) is 0 Å². The van der Waals surface area contributed by atoms with E-state index in [2.05, 4.69) is 81.3 Å². The van der Waals surface area contributed by atoms with Gasteiger partial charge in [-0.25, -0.2) is 0 Å². The molecule has 246 valence electrons. The Morgan fingerprint density at radius 1 is 0.372 bits per heavy atom. The lowest BCUT2D eigenvalue weighted by Gasteiger charge is -2.45. The fourth-order valence-electron chi connectivity index (χ4n) is 9.74. The molecular formula is C39H69N3O. The first-order chi connectivity index (χ1) is 20.7. The van der Waals surface area contributed by atoms with E-state index in [0.29, 0.717) is 12.2 Å². The van der Waals surface area contributed by atoms with Gasteiger partial charge < -0.3 is 19.4 Å². The second kappa shape index (κ2) is 16.2. The lowest BCUT2D eigenvalue weighted by molar-refractivity contribution is -0.125. The zero-order valence-corrected chi connectivity index (χ0v) is 29.1. The van der Waals surface area contributed by atoms with Gasteiger partial charge in [-0.1, -0.05) is 24.3 Å². The average molecular weight is 596 g/mol. The van der Waals surface area contributed by atoms with Gasteiger partial charge in [-0.05, 0) is 193 Å². The molecule has 0 aromatic carbocycles. The topological polar surface area (TPSA) is 19.0 Å². The number of nitrogens with zero attached hydrogens (tertiary/aromatic N) is 3. The van der Waals surface area contributed by atoms with Crippen molar-refractivity contribution in [2.45, 2.75) is 146 Å². The Bertz CT molecular complexity index is 814.